The van der Waals surface area contributed by atoms with E-state index in [1.807, 2.05) is 0 Å². The molecule has 0 spiro atoms. The zero-order chi connectivity index (χ0) is 80.9. The van der Waals surface area contributed by atoms with Crippen LogP contribution in [-0.2, 0) is 57.1 Å². The number of hydrogen-bond donors (Lipinski definition) is 6. The maximum absolute atomic E-state index is 13.4. The second kappa shape index (κ2) is 95.3. The third kappa shape index (κ3) is 87.9. The highest BCUT2D eigenvalue weighted by Crippen LogP contribution is 2.26. The summed E-state index contributed by atoms with van der Waals surface area (Å²) < 4.78 is 45.4. The van der Waals surface area contributed by atoms with Gasteiger partial charge in [-0.05, 0) is 25.7 Å². The highest BCUT2D eigenvalue weighted by atomic mass is 16.6. The average molecular weight is 1580 g/mol. The van der Waals surface area contributed by atoms with Crippen LogP contribution in [0.1, 0.15) is 439 Å². The van der Waals surface area contributed by atoms with Crippen molar-refractivity contribution in [2.75, 3.05) is 119 Å². The Kier molecular flexibility index (Phi) is 96.7. The Hall–Kier alpha value is -2.52. The van der Waals surface area contributed by atoms with Crippen molar-refractivity contribution in [2.45, 2.75) is 439 Å². The van der Waals surface area contributed by atoms with E-state index in [1.54, 1.807) is 0 Å². The Morgan fingerprint density at radius 2 is 0.309 bits per heavy atom. The number of unbranched alkanes of at least 4 members (excludes halogenated alkanes) is 56. The number of esters is 4. The fourth-order valence-electron chi connectivity index (χ4n) is 13.7. The van der Waals surface area contributed by atoms with Crippen molar-refractivity contribution in [1.29, 1.82) is 0 Å². The van der Waals surface area contributed by atoms with Crippen molar-refractivity contribution in [3.05, 3.63) is 0 Å². The molecule has 0 heterocycles. The summed E-state index contributed by atoms with van der Waals surface area (Å²) in [6, 6.07) is 0. The molecule has 0 unspecified atom stereocenters. The average Bonchev–Trinajstić information content (AvgIpc) is 0.863. The highest BCUT2D eigenvalue weighted by molar-refractivity contribution is 5.71. The molecule has 0 atom stereocenters. The van der Waals surface area contributed by atoms with E-state index in [4.69, 9.17) is 68.5 Å². The minimum atomic E-state index is -1.20. The summed E-state index contributed by atoms with van der Waals surface area (Å²) in [5.41, 5.74) is -1.83. The topological polar surface area (TPSA) is 263 Å². The Labute approximate surface area is 676 Å². The van der Waals surface area contributed by atoms with Gasteiger partial charge in [0.15, 0.2) is 0 Å². The van der Waals surface area contributed by atoms with E-state index in [-0.39, 0.29) is 143 Å². The summed E-state index contributed by atoms with van der Waals surface area (Å²) in [6.07, 6.45) is 76.4. The quantitative estimate of drug-likeness (QED) is 0.0188. The van der Waals surface area contributed by atoms with Crippen LogP contribution in [0.25, 0.3) is 0 Å². The number of ether oxygens (including phenoxy) is 8. The molecule has 0 saturated heterocycles. The van der Waals surface area contributed by atoms with E-state index < -0.39 is 10.8 Å². The van der Waals surface area contributed by atoms with Gasteiger partial charge in [0.1, 0.15) is 31.8 Å². The fourth-order valence-corrected chi connectivity index (χ4v) is 13.7. The minimum absolute atomic E-state index is 0.0947. The third-order valence-electron chi connectivity index (χ3n) is 20.8. The van der Waals surface area contributed by atoms with Gasteiger partial charge in [-0.1, -0.05) is 387 Å². The Bertz CT molecular complexity index is 1560. The van der Waals surface area contributed by atoms with Gasteiger partial charge >= 0.3 is 23.9 Å². The molecular weight excluding hydrogens is 1390 g/mol. The predicted octanol–water partition coefficient (Wildman–Crippen LogP) is 22.2. The molecule has 0 aliphatic heterocycles. The van der Waals surface area contributed by atoms with Gasteiger partial charge in [-0.25, -0.2) is 0 Å². The van der Waals surface area contributed by atoms with Gasteiger partial charge in [-0.3, -0.25) is 19.2 Å². The van der Waals surface area contributed by atoms with Crippen LogP contribution in [0.2, 0.25) is 0 Å². The van der Waals surface area contributed by atoms with Crippen molar-refractivity contribution in [3.8, 4) is 0 Å². The Morgan fingerprint density at radius 1 is 0.182 bits per heavy atom. The maximum atomic E-state index is 13.4. The first-order chi connectivity index (χ1) is 54.0. The molecule has 0 aliphatic carbocycles. The Morgan fingerprint density at radius 3 is 0.436 bits per heavy atom. The molecule has 0 aromatic carbocycles. The summed E-state index contributed by atoms with van der Waals surface area (Å²) in [4.78, 5) is 53.6. The highest BCUT2D eigenvalue weighted by Gasteiger charge is 2.38. The number of aliphatic hydroxyl groups excluding tert-OH is 6. The van der Waals surface area contributed by atoms with Gasteiger partial charge in [0.25, 0.3) is 0 Å². The van der Waals surface area contributed by atoms with Crippen molar-refractivity contribution < 1.29 is 87.7 Å². The molecule has 0 fully saturated rings. The van der Waals surface area contributed by atoms with Crippen LogP contribution in [0, 0.1) is 10.8 Å². The Balaban J connectivity index is -0.00000387. The number of aliphatic hydroxyl groups is 6. The van der Waals surface area contributed by atoms with Crippen molar-refractivity contribution in [2.24, 2.45) is 10.8 Å². The van der Waals surface area contributed by atoms with Crippen LogP contribution in [0.3, 0.4) is 0 Å². The van der Waals surface area contributed by atoms with Crippen molar-refractivity contribution >= 4 is 23.9 Å². The van der Waals surface area contributed by atoms with Crippen molar-refractivity contribution in [3.63, 3.8) is 0 Å². The molecule has 0 saturated carbocycles. The summed E-state index contributed by atoms with van der Waals surface area (Å²) in [5, 5.41) is 50.4. The molecule has 0 aromatic rings. The molecular formula is C92H182O18. The third-order valence-corrected chi connectivity index (χ3v) is 20.8. The number of hydrogen-bond acceptors (Lipinski definition) is 18. The SMILES string of the molecule is CCCCCCCCCCCCCCCCCC(=O)OCC(COC(=O)CCCCCCCCCCCCCCCCC)(COC(=O)CCCCCCCCCCCCCCCCC)COC(=O)CCCCCCCCCCCCCCCCC.OCCO.OCCOCC(COCCO)(COCCO)COCCO. The molecule has 0 radical (unpaired) electrons. The zero-order valence-electron chi connectivity index (χ0n) is 72.6. The number of carbonyl (C=O) groups is 4. The fraction of sp³-hybridized carbons (Fsp3) is 0.957. The van der Waals surface area contributed by atoms with Gasteiger partial charge in [0.2, 0.25) is 0 Å². The van der Waals surface area contributed by atoms with Crippen LogP contribution in [0.5, 0.6) is 0 Å². The lowest BCUT2D eigenvalue weighted by Crippen LogP contribution is -2.44. The molecule has 18 heteroatoms. The van der Waals surface area contributed by atoms with Crippen molar-refractivity contribution in [1.82, 2.24) is 0 Å². The molecule has 18 nitrogen and oxygen atoms in total. The molecule has 0 aromatic heterocycles. The van der Waals surface area contributed by atoms with E-state index >= 15 is 0 Å². The lowest BCUT2D eigenvalue weighted by Gasteiger charge is -2.32. The second-order valence-corrected chi connectivity index (χ2v) is 32.0. The maximum Gasteiger partial charge on any atom is 0.305 e. The van der Waals surface area contributed by atoms with E-state index in [0.29, 0.717) is 25.7 Å². The monoisotopic (exact) mass is 1580 g/mol. The first-order valence-electron chi connectivity index (χ1n) is 46.6. The van der Waals surface area contributed by atoms with Crippen LogP contribution >= 0.6 is 0 Å². The van der Waals surface area contributed by atoms with Gasteiger partial charge in [0, 0.05) is 25.7 Å². The summed E-state index contributed by atoms with van der Waals surface area (Å²) >= 11 is 0. The molecule has 110 heavy (non-hydrogen) atoms. The molecule has 0 amide bonds. The van der Waals surface area contributed by atoms with E-state index in [1.165, 1.54) is 308 Å². The van der Waals surface area contributed by atoms with Crippen LogP contribution in [0.4, 0.5) is 0 Å². The lowest BCUT2D eigenvalue weighted by molar-refractivity contribution is -0.170. The minimum Gasteiger partial charge on any atom is -0.465 e. The zero-order valence-corrected chi connectivity index (χ0v) is 72.6. The number of rotatable bonds is 89. The molecule has 0 aliphatic rings. The summed E-state index contributed by atoms with van der Waals surface area (Å²) in [5.74, 6) is -1.29. The smallest absolute Gasteiger partial charge is 0.305 e. The van der Waals surface area contributed by atoms with Gasteiger partial charge in [-0.15, -0.1) is 0 Å². The summed E-state index contributed by atoms with van der Waals surface area (Å²) in [6.45, 7) is 9.50. The van der Waals surface area contributed by atoms with Gasteiger partial charge in [0.05, 0.1) is 97.9 Å². The second-order valence-electron chi connectivity index (χ2n) is 32.0. The van der Waals surface area contributed by atoms with Gasteiger partial charge in [-0.2, -0.15) is 0 Å². The lowest BCUT2D eigenvalue weighted by atomic mass is 9.92. The standard InChI is InChI=1S/C77H148O8.C13H28O8.C2H6O2/c1-5-9-13-17-21-25-29-33-37-41-45-49-53-57-61-65-73(78)82-69-77(70-83-74(79)66-62-58-54-50-46-42-38-34-30-26-22-18-14-10-6-2,71-84-75(80)67-63-59-55-51-47-43-39-35-31-27-23-19-15-11-7-3)72-85-76(81)68-64-60-56-52-48-44-40-36-32-28-24-20-16-12-8-4;14-1-5-18-9-13(10-19-6-2-15,11-20-7-3-16)12-21-8-4-17;3-1-2-4/h5-72H2,1-4H3;14-17H,1-12H2;3-4H,1-2H2. The molecule has 658 valence electrons. The molecule has 6 N–H and O–H groups in total. The first-order valence-corrected chi connectivity index (χ1v) is 46.6. The van der Waals surface area contributed by atoms with Crippen LogP contribution < -0.4 is 0 Å². The van der Waals surface area contributed by atoms with E-state index in [0.717, 1.165) is 77.0 Å². The van der Waals surface area contributed by atoms with E-state index in [9.17, 15) is 19.2 Å². The van der Waals surface area contributed by atoms with Gasteiger partial charge < -0.3 is 68.5 Å². The normalized spacial score (nSPS) is 11.5. The first kappa shape index (κ1) is 112. The summed E-state index contributed by atoms with van der Waals surface area (Å²) in [7, 11) is 0. The predicted molar refractivity (Wildman–Crippen MR) is 453 cm³/mol. The van der Waals surface area contributed by atoms with Crippen LogP contribution in [0.15, 0.2) is 0 Å². The molecule has 0 bridgehead atoms. The molecule has 0 rings (SSSR count). The van der Waals surface area contributed by atoms with E-state index in [2.05, 4.69) is 27.7 Å². The van der Waals surface area contributed by atoms with Crippen LogP contribution in [-0.4, -0.2) is 173 Å². The number of carbonyl (C=O) groups excluding carboxylic acids is 4. The largest absolute Gasteiger partial charge is 0.465 e.